The Morgan fingerprint density at radius 2 is 1.71 bits per heavy atom. The highest BCUT2D eigenvalue weighted by atomic mass is 35.5. The number of carboxylic acids is 1. The Morgan fingerprint density at radius 1 is 1.00 bits per heavy atom. The normalized spacial score (nSPS) is 13.2. The van der Waals surface area contributed by atoms with Crippen molar-refractivity contribution in [2.75, 3.05) is 4.72 Å². The molecule has 41 heavy (non-hydrogen) atoms. The number of ether oxygens (including phenoxy) is 1. The van der Waals surface area contributed by atoms with E-state index < -0.39 is 55.8 Å². The highest BCUT2D eigenvalue weighted by molar-refractivity contribution is 7.92. The average Bonchev–Trinajstić information content (AvgIpc) is 2.84. The van der Waals surface area contributed by atoms with Gasteiger partial charge < -0.3 is 15.2 Å². The topological polar surface area (TPSA) is 122 Å². The zero-order valence-corrected chi connectivity index (χ0v) is 22.8. The first-order valence-electron chi connectivity index (χ1n) is 11.6. The molecule has 0 saturated carbocycles. The van der Waals surface area contributed by atoms with E-state index in [1.807, 2.05) is 0 Å². The van der Waals surface area contributed by atoms with Crippen LogP contribution in [0.15, 0.2) is 65.2 Å². The number of rotatable bonds is 9. The lowest BCUT2D eigenvalue weighted by molar-refractivity contribution is -0.138. The van der Waals surface area contributed by atoms with E-state index in [1.165, 1.54) is 12.1 Å². The fourth-order valence-electron chi connectivity index (χ4n) is 3.62. The number of carboxylic acid groups (broad SMARTS) is 1. The molecule has 0 saturated heterocycles. The molecule has 3 aromatic rings. The van der Waals surface area contributed by atoms with Gasteiger partial charge in [-0.15, -0.1) is 0 Å². The van der Waals surface area contributed by atoms with Crippen molar-refractivity contribution >= 4 is 50.8 Å². The molecule has 15 heteroatoms. The maximum absolute atomic E-state index is 14.5. The van der Waals surface area contributed by atoms with Crippen LogP contribution in [0, 0.1) is 5.82 Å². The Labute approximate surface area is 240 Å². The van der Waals surface area contributed by atoms with Crippen LogP contribution in [0.1, 0.15) is 34.3 Å². The molecule has 0 unspecified atom stereocenters. The minimum atomic E-state index is -4.77. The summed E-state index contributed by atoms with van der Waals surface area (Å²) in [5.41, 5.74) is -1.11. The van der Waals surface area contributed by atoms with Gasteiger partial charge in [-0.05, 0) is 55.3 Å². The third-order valence-corrected chi connectivity index (χ3v) is 7.92. The summed E-state index contributed by atoms with van der Waals surface area (Å²) >= 11 is 12.0. The van der Waals surface area contributed by atoms with Crippen molar-refractivity contribution in [1.82, 2.24) is 5.32 Å². The molecule has 0 heterocycles. The molecule has 3 N–H and O–H groups in total. The highest BCUT2D eigenvalue weighted by Crippen LogP contribution is 2.38. The highest BCUT2D eigenvalue weighted by Gasteiger charge is 2.32. The maximum atomic E-state index is 14.5. The molecule has 0 spiro atoms. The van der Waals surface area contributed by atoms with Crippen molar-refractivity contribution in [2.45, 2.75) is 30.3 Å². The third kappa shape index (κ3) is 7.10. The van der Waals surface area contributed by atoms with E-state index >= 15 is 0 Å². The van der Waals surface area contributed by atoms with Gasteiger partial charge >= 0.3 is 12.1 Å². The summed E-state index contributed by atoms with van der Waals surface area (Å²) in [6.07, 6.45) is -2.22. The predicted octanol–water partition coefficient (Wildman–Crippen LogP) is 6.78. The van der Waals surface area contributed by atoms with E-state index in [-0.39, 0.29) is 33.3 Å². The largest absolute Gasteiger partial charge is 0.481 e. The second kappa shape index (κ2) is 11.6. The van der Waals surface area contributed by atoms with Crippen molar-refractivity contribution in [3.8, 4) is 11.5 Å². The molecular weight excluding hydrogens is 615 g/mol. The number of alkyl halides is 3. The summed E-state index contributed by atoms with van der Waals surface area (Å²) < 4.78 is 87.8. The first kappa shape index (κ1) is 30.2. The lowest BCUT2D eigenvalue weighted by atomic mass is 10.1. The number of nitrogens with one attached hydrogen (secondary N) is 2. The molecule has 0 aromatic heterocycles. The van der Waals surface area contributed by atoms with Gasteiger partial charge in [0.05, 0.1) is 27.7 Å². The second-order valence-electron chi connectivity index (χ2n) is 8.73. The molecular formula is C26H18Cl2F4N2O6S. The number of halogens is 6. The summed E-state index contributed by atoms with van der Waals surface area (Å²) in [5.74, 6) is -3.45. The van der Waals surface area contributed by atoms with Crippen LogP contribution >= 0.6 is 23.2 Å². The maximum Gasteiger partial charge on any atom is 0.416 e. The van der Waals surface area contributed by atoms with E-state index in [0.29, 0.717) is 30.3 Å². The van der Waals surface area contributed by atoms with Crippen molar-refractivity contribution in [3.63, 3.8) is 0 Å². The van der Waals surface area contributed by atoms with Crippen LogP contribution in [0.3, 0.4) is 0 Å². The van der Waals surface area contributed by atoms with Crippen LogP contribution < -0.4 is 14.8 Å². The Balaban J connectivity index is 1.73. The fourth-order valence-corrected chi connectivity index (χ4v) is 5.45. The summed E-state index contributed by atoms with van der Waals surface area (Å²) in [6.45, 7) is 0. The van der Waals surface area contributed by atoms with E-state index in [4.69, 9.17) is 33.0 Å². The smallest absolute Gasteiger partial charge is 0.416 e. The summed E-state index contributed by atoms with van der Waals surface area (Å²) in [7, 11) is -4.66. The predicted molar refractivity (Wildman–Crippen MR) is 141 cm³/mol. The first-order valence-corrected chi connectivity index (χ1v) is 13.8. The molecule has 3 aromatic carbocycles. The number of carbonyl (C=O) groups excluding carboxylic acids is 1. The van der Waals surface area contributed by atoms with E-state index in [0.717, 1.165) is 24.6 Å². The minimum absolute atomic E-state index is 0.0181. The SMILES string of the molecule is O=C(O)Cc1cc(Cl)c(Oc2ccc(C(=O)NC3=CCC3)cc2NS(=O)(=O)c2ccc(C(F)(F)F)cc2Cl)cc1F. The average molecular weight is 633 g/mol. The Kier molecular flexibility index (Phi) is 8.52. The molecule has 0 fully saturated rings. The Hall–Kier alpha value is -3.81. The lowest BCUT2D eigenvalue weighted by Crippen LogP contribution is -2.25. The molecule has 1 amide bonds. The number of hydrogen-bond acceptors (Lipinski definition) is 5. The minimum Gasteiger partial charge on any atom is -0.481 e. The van der Waals surface area contributed by atoms with Crippen LogP contribution in [0.25, 0.3) is 0 Å². The van der Waals surface area contributed by atoms with Crippen molar-refractivity contribution in [2.24, 2.45) is 0 Å². The lowest BCUT2D eigenvalue weighted by Gasteiger charge is -2.18. The van der Waals surface area contributed by atoms with Crippen molar-refractivity contribution < 1.29 is 45.4 Å². The van der Waals surface area contributed by atoms with Crippen LogP contribution in [0.5, 0.6) is 11.5 Å². The monoisotopic (exact) mass is 632 g/mol. The van der Waals surface area contributed by atoms with Crippen LogP contribution in [0.2, 0.25) is 10.0 Å². The molecule has 0 atom stereocenters. The molecule has 1 aliphatic carbocycles. The van der Waals surface area contributed by atoms with E-state index in [9.17, 15) is 35.6 Å². The zero-order chi connectivity index (χ0) is 30.1. The van der Waals surface area contributed by atoms with Gasteiger partial charge in [0.15, 0.2) is 5.75 Å². The van der Waals surface area contributed by atoms with Gasteiger partial charge in [0, 0.05) is 22.9 Å². The van der Waals surface area contributed by atoms with Crippen LogP contribution in [-0.4, -0.2) is 25.4 Å². The molecule has 0 bridgehead atoms. The molecule has 216 valence electrons. The molecule has 4 rings (SSSR count). The third-order valence-electron chi connectivity index (χ3n) is 5.78. The number of hydrogen-bond donors (Lipinski definition) is 3. The van der Waals surface area contributed by atoms with Gasteiger partial charge in [-0.2, -0.15) is 13.2 Å². The number of carbonyl (C=O) groups is 2. The standard InChI is InChI=1S/C26H18Cl2F4N2O6S/c27-17-8-14(10-24(35)36)19(29)12-22(17)40-21-6-4-13(25(37)33-16-2-1-3-16)9-20(21)34-41(38,39)23-7-5-15(11-18(23)28)26(30,31)32/h2,4-9,11-12,34H,1,3,10H2,(H,33,37)(H,35,36). The summed E-state index contributed by atoms with van der Waals surface area (Å²) in [5, 5.41) is 10.7. The quantitative estimate of drug-likeness (QED) is 0.224. The van der Waals surface area contributed by atoms with Gasteiger partial charge in [-0.3, -0.25) is 14.3 Å². The fraction of sp³-hybridized carbons (Fsp3) is 0.154. The summed E-state index contributed by atoms with van der Waals surface area (Å²) in [6, 6.07) is 7.06. The number of benzene rings is 3. The zero-order valence-electron chi connectivity index (χ0n) is 20.5. The van der Waals surface area contributed by atoms with Gasteiger partial charge in [-0.25, -0.2) is 12.8 Å². The van der Waals surface area contributed by atoms with Gasteiger partial charge in [-0.1, -0.05) is 29.3 Å². The second-order valence-corrected chi connectivity index (χ2v) is 11.2. The Morgan fingerprint density at radius 3 is 2.29 bits per heavy atom. The van der Waals surface area contributed by atoms with Gasteiger partial charge in [0.25, 0.3) is 15.9 Å². The molecule has 1 aliphatic rings. The molecule has 0 aliphatic heterocycles. The van der Waals surface area contributed by atoms with E-state index in [2.05, 4.69) is 10.0 Å². The number of sulfonamides is 1. The number of aliphatic carboxylic acids is 1. The van der Waals surface area contributed by atoms with Gasteiger partial charge in [0.2, 0.25) is 0 Å². The number of amides is 1. The van der Waals surface area contributed by atoms with Crippen LogP contribution in [-0.2, 0) is 27.4 Å². The molecule has 8 nitrogen and oxygen atoms in total. The summed E-state index contributed by atoms with van der Waals surface area (Å²) in [4.78, 5) is 23.0. The van der Waals surface area contributed by atoms with Gasteiger partial charge in [0.1, 0.15) is 16.5 Å². The van der Waals surface area contributed by atoms with E-state index in [1.54, 1.807) is 6.08 Å². The molecule has 0 radical (unpaired) electrons. The van der Waals surface area contributed by atoms with Crippen LogP contribution in [0.4, 0.5) is 23.2 Å². The number of anilines is 1. The van der Waals surface area contributed by atoms with Crippen molar-refractivity contribution in [3.05, 3.63) is 92.9 Å². The van der Waals surface area contributed by atoms with Crippen molar-refractivity contribution in [1.29, 1.82) is 0 Å². The number of allylic oxidation sites excluding steroid dienone is 2. The Bertz CT molecular complexity index is 1690. The first-order chi connectivity index (χ1) is 19.1.